The summed E-state index contributed by atoms with van der Waals surface area (Å²) < 4.78 is 0.573. The summed E-state index contributed by atoms with van der Waals surface area (Å²) in [5, 5.41) is 21.0. The molecule has 0 fully saturated rings. The molecule has 0 radical (unpaired) electrons. The van der Waals surface area contributed by atoms with Gasteiger partial charge in [-0.3, -0.25) is 0 Å². The Kier molecular flexibility index (Phi) is 6.15. The molecule has 0 saturated carbocycles. The van der Waals surface area contributed by atoms with Crippen LogP contribution in [0.2, 0.25) is 0 Å². The van der Waals surface area contributed by atoms with Crippen molar-refractivity contribution in [3.05, 3.63) is 28.2 Å². The number of rotatable bonds is 7. The third-order valence-corrected chi connectivity index (χ3v) is 3.37. The molecule has 0 amide bonds. The first-order valence-corrected chi connectivity index (χ1v) is 6.71. The van der Waals surface area contributed by atoms with Crippen LogP contribution in [0.1, 0.15) is 30.1 Å². The van der Waals surface area contributed by atoms with Crippen molar-refractivity contribution in [1.29, 1.82) is 0 Å². The van der Waals surface area contributed by atoms with E-state index in [2.05, 4.69) is 21.2 Å². The summed E-state index contributed by atoms with van der Waals surface area (Å²) in [6, 6.07) is 5.09. The van der Waals surface area contributed by atoms with Crippen molar-refractivity contribution in [3.8, 4) is 0 Å². The Hall–Kier alpha value is -1.07. The number of aromatic carboxylic acids is 1. The second kappa shape index (κ2) is 7.38. The summed E-state index contributed by atoms with van der Waals surface area (Å²) in [4.78, 5) is 10.8. The van der Waals surface area contributed by atoms with E-state index in [-0.39, 0.29) is 12.2 Å². The van der Waals surface area contributed by atoms with Crippen LogP contribution >= 0.6 is 15.9 Å². The summed E-state index contributed by atoms with van der Waals surface area (Å²) in [6.45, 7) is 3.04. The predicted molar refractivity (Wildman–Crippen MR) is 75.1 cm³/mol. The zero-order chi connectivity index (χ0) is 13.5. The van der Waals surface area contributed by atoms with Crippen LogP contribution in [0.25, 0.3) is 0 Å². The van der Waals surface area contributed by atoms with Gasteiger partial charge >= 0.3 is 5.97 Å². The van der Waals surface area contributed by atoms with Crippen LogP contribution in [0.4, 0.5) is 5.69 Å². The molecule has 4 nitrogen and oxygen atoms in total. The average molecular weight is 316 g/mol. The average Bonchev–Trinajstić information content (AvgIpc) is 2.34. The molecule has 1 unspecified atom stereocenters. The van der Waals surface area contributed by atoms with Crippen molar-refractivity contribution in [2.75, 3.05) is 18.5 Å². The van der Waals surface area contributed by atoms with Crippen LogP contribution in [0.3, 0.4) is 0 Å². The Morgan fingerprint density at radius 1 is 1.50 bits per heavy atom. The molecule has 100 valence electrons. The fourth-order valence-corrected chi connectivity index (χ4v) is 2.12. The minimum Gasteiger partial charge on any atom is -0.478 e. The first-order valence-electron chi connectivity index (χ1n) is 5.92. The lowest BCUT2D eigenvalue weighted by Gasteiger charge is -2.10. The summed E-state index contributed by atoms with van der Waals surface area (Å²) in [5.41, 5.74) is 1.15. The molecule has 0 bridgehead atoms. The number of aliphatic hydroxyl groups is 1. The Morgan fingerprint density at radius 2 is 2.22 bits per heavy atom. The molecule has 3 N–H and O–H groups in total. The highest BCUT2D eigenvalue weighted by molar-refractivity contribution is 9.10. The predicted octanol–water partition coefficient (Wildman–Crippen LogP) is 2.97. The standard InChI is InChI=1S/C13H18BrNO3/c1-9(8-16)3-2-6-15-10-4-5-11(13(17)18)12(14)7-10/h4-5,7,9,15-16H,2-3,6,8H2,1H3,(H,17,18). The monoisotopic (exact) mass is 315 g/mol. The number of halogens is 1. The van der Waals surface area contributed by atoms with E-state index < -0.39 is 5.97 Å². The lowest BCUT2D eigenvalue weighted by Crippen LogP contribution is -2.07. The van der Waals surface area contributed by atoms with E-state index in [1.807, 2.05) is 6.92 Å². The SMILES string of the molecule is CC(CO)CCCNc1ccc(C(=O)O)c(Br)c1. The number of benzene rings is 1. The Morgan fingerprint density at radius 3 is 2.78 bits per heavy atom. The molecule has 0 aliphatic carbocycles. The molecule has 0 aromatic heterocycles. The van der Waals surface area contributed by atoms with Crippen LogP contribution in [-0.2, 0) is 0 Å². The Balaban J connectivity index is 2.44. The first kappa shape index (κ1) is 15.0. The largest absolute Gasteiger partial charge is 0.478 e. The van der Waals surface area contributed by atoms with Gasteiger partial charge in [-0.25, -0.2) is 4.79 Å². The van der Waals surface area contributed by atoms with Gasteiger partial charge in [0.05, 0.1) is 5.56 Å². The van der Waals surface area contributed by atoms with E-state index in [0.29, 0.717) is 10.4 Å². The third kappa shape index (κ3) is 4.66. The van der Waals surface area contributed by atoms with Gasteiger partial charge in [0.25, 0.3) is 0 Å². The zero-order valence-corrected chi connectivity index (χ0v) is 11.9. The van der Waals surface area contributed by atoms with Gasteiger partial charge in [-0.2, -0.15) is 0 Å². The van der Waals surface area contributed by atoms with Gasteiger partial charge in [0.15, 0.2) is 0 Å². The highest BCUT2D eigenvalue weighted by atomic mass is 79.9. The zero-order valence-electron chi connectivity index (χ0n) is 10.3. The lowest BCUT2D eigenvalue weighted by molar-refractivity contribution is 0.0696. The van der Waals surface area contributed by atoms with Crippen LogP contribution < -0.4 is 5.32 Å². The maximum absolute atomic E-state index is 10.8. The molecule has 0 spiro atoms. The van der Waals surface area contributed by atoms with Gasteiger partial charge < -0.3 is 15.5 Å². The summed E-state index contributed by atoms with van der Waals surface area (Å²) in [7, 11) is 0. The fourth-order valence-electron chi connectivity index (χ4n) is 1.57. The summed E-state index contributed by atoms with van der Waals surface area (Å²) in [5.74, 6) is -0.613. The molecule has 0 aliphatic heterocycles. The van der Waals surface area contributed by atoms with E-state index >= 15 is 0 Å². The van der Waals surface area contributed by atoms with Gasteiger partial charge in [0.1, 0.15) is 0 Å². The molecule has 0 aliphatic rings. The highest BCUT2D eigenvalue weighted by Gasteiger charge is 2.08. The lowest BCUT2D eigenvalue weighted by atomic mass is 10.1. The van der Waals surface area contributed by atoms with E-state index in [1.165, 1.54) is 0 Å². The molecule has 1 atom stereocenters. The van der Waals surface area contributed by atoms with Crippen molar-refractivity contribution >= 4 is 27.6 Å². The van der Waals surface area contributed by atoms with Crippen molar-refractivity contribution in [3.63, 3.8) is 0 Å². The van der Waals surface area contributed by atoms with Crippen molar-refractivity contribution in [1.82, 2.24) is 0 Å². The van der Waals surface area contributed by atoms with Crippen molar-refractivity contribution < 1.29 is 15.0 Å². The number of anilines is 1. The van der Waals surface area contributed by atoms with Gasteiger partial charge in [0, 0.05) is 23.3 Å². The fraction of sp³-hybridized carbons (Fsp3) is 0.462. The van der Waals surface area contributed by atoms with Crippen molar-refractivity contribution in [2.24, 2.45) is 5.92 Å². The van der Waals surface area contributed by atoms with Gasteiger partial charge in [0.2, 0.25) is 0 Å². The smallest absolute Gasteiger partial charge is 0.336 e. The summed E-state index contributed by atoms with van der Waals surface area (Å²) >= 11 is 3.24. The topological polar surface area (TPSA) is 69.6 Å². The maximum atomic E-state index is 10.8. The molecule has 0 heterocycles. The van der Waals surface area contributed by atoms with Crippen LogP contribution in [0.5, 0.6) is 0 Å². The van der Waals surface area contributed by atoms with Gasteiger partial charge in [-0.1, -0.05) is 6.92 Å². The first-order chi connectivity index (χ1) is 8.54. The second-order valence-electron chi connectivity index (χ2n) is 4.36. The van der Waals surface area contributed by atoms with E-state index in [9.17, 15) is 4.79 Å². The maximum Gasteiger partial charge on any atom is 0.336 e. The molecule has 5 heteroatoms. The molecular weight excluding hydrogens is 298 g/mol. The molecule has 1 aromatic carbocycles. The third-order valence-electron chi connectivity index (χ3n) is 2.71. The van der Waals surface area contributed by atoms with Crippen molar-refractivity contribution in [2.45, 2.75) is 19.8 Å². The quantitative estimate of drug-likeness (QED) is 0.677. The minimum absolute atomic E-state index is 0.221. The van der Waals surface area contributed by atoms with E-state index in [1.54, 1.807) is 18.2 Å². The molecule has 1 rings (SSSR count). The number of carbonyl (C=O) groups is 1. The van der Waals surface area contributed by atoms with Crippen LogP contribution in [-0.4, -0.2) is 29.3 Å². The molecular formula is C13H18BrNO3. The molecule has 18 heavy (non-hydrogen) atoms. The van der Waals surface area contributed by atoms with Crippen LogP contribution in [0, 0.1) is 5.92 Å². The van der Waals surface area contributed by atoms with Gasteiger partial charge in [-0.15, -0.1) is 0 Å². The number of hydrogen-bond acceptors (Lipinski definition) is 3. The number of carboxylic acid groups (broad SMARTS) is 1. The number of aliphatic hydroxyl groups excluding tert-OH is 1. The number of carboxylic acids is 1. The second-order valence-corrected chi connectivity index (χ2v) is 5.21. The summed E-state index contributed by atoms with van der Waals surface area (Å²) in [6.07, 6.45) is 1.94. The number of nitrogens with one attached hydrogen (secondary N) is 1. The Bertz CT molecular complexity index is 409. The van der Waals surface area contributed by atoms with Gasteiger partial charge in [-0.05, 0) is 52.9 Å². The van der Waals surface area contributed by atoms with E-state index in [4.69, 9.17) is 10.2 Å². The minimum atomic E-state index is -0.940. The van der Waals surface area contributed by atoms with Crippen LogP contribution in [0.15, 0.2) is 22.7 Å². The molecule has 1 aromatic rings. The Labute approximate surface area is 115 Å². The van der Waals surface area contributed by atoms with E-state index in [0.717, 1.165) is 25.1 Å². The molecule has 0 saturated heterocycles. The normalized spacial score (nSPS) is 12.2. The highest BCUT2D eigenvalue weighted by Crippen LogP contribution is 2.21. The number of hydrogen-bond donors (Lipinski definition) is 3.